The van der Waals surface area contributed by atoms with Crippen molar-refractivity contribution in [1.29, 1.82) is 0 Å². The molecule has 1 unspecified atom stereocenters. The fraction of sp³-hybridized carbons (Fsp3) is 0.948. The Morgan fingerprint density at radius 2 is 0.422 bits per heavy atom. The minimum Gasteiger partial charge on any atom is -0.462 e. The molecule has 0 heterocycles. The molecule has 0 radical (unpaired) electrons. The number of hydrogen-bond donors (Lipinski definition) is 0. The van der Waals surface area contributed by atoms with Gasteiger partial charge in [0.25, 0.3) is 0 Å². The van der Waals surface area contributed by atoms with E-state index in [0.717, 1.165) is 57.8 Å². The molecule has 0 aromatic rings. The summed E-state index contributed by atoms with van der Waals surface area (Å²) in [6.45, 7) is 6.62. The summed E-state index contributed by atoms with van der Waals surface area (Å²) >= 11 is 0. The molecule has 64 heavy (non-hydrogen) atoms. The standard InChI is InChI=1S/C58H112O6/c1-4-7-10-13-16-18-20-21-22-23-24-25-26-27-28-29-30-31-32-33-34-35-36-37-39-40-42-45-48-51-57(60)63-54-55(53-62-56(59)50-47-44-15-12-9-6-3)64-58(61)52-49-46-43-41-38-19-17-14-11-8-5-2/h55H,4-54H2,1-3H3. The lowest BCUT2D eigenvalue weighted by atomic mass is 10.0. The second-order valence-corrected chi connectivity index (χ2v) is 19.9. The van der Waals surface area contributed by atoms with Crippen LogP contribution in [0.3, 0.4) is 0 Å². The molecule has 6 nitrogen and oxygen atoms in total. The van der Waals surface area contributed by atoms with Gasteiger partial charge in [0.15, 0.2) is 6.10 Å². The SMILES string of the molecule is CCCCCCCCCCCCCCCCCCCCCCCCCCCCCCCC(=O)OCC(COC(=O)CCCCCCCC)OC(=O)CCCCCCCCCCCCC. The second-order valence-electron chi connectivity index (χ2n) is 19.9. The molecule has 0 spiro atoms. The van der Waals surface area contributed by atoms with Crippen LogP contribution in [0.4, 0.5) is 0 Å². The van der Waals surface area contributed by atoms with Gasteiger partial charge in [-0.3, -0.25) is 14.4 Å². The molecule has 0 aromatic heterocycles. The lowest BCUT2D eigenvalue weighted by molar-refractivity contribution is -0.167. The van der Waals surface area contributed by atoms with Crippen LogP contribution in [0.2, 0.25) is 0 Å². The van der Waals surface area contributed by atoms with Gasteiger partial charge in [-0.1, -0.05) is 297 Å². The van der Waals surface area contributed by atoms with Gasteiger partial charge in [0.05, 0.1) is 0 Å². The third-order valence-electron chi connectivity index (χ3n) is 13.4. The lowest BCUT2D eigenvalue weighted by Gasteiger charge is -2.18. The van der Waals surface area contributed by atoms with E-state index in [0.29, 0.717) is 19.3 Å². The van der Waals surface area contributed by atoms with E-state index in [2.05, 4.69) is 20.8 Å². The Hall–Kier alpha value is -1.59. The van der Waals surface area contributed by atoms with Crippen LogP contribution in [0, 0.1) is 0 Å². The highest BCUT2D eigenvalue weighted by atomic mass is 16.6. The van der Waals surface area contributed by atoms with Gasteiger partial charge in [-0.2, -0.15) is 0 Å². The third kappa shape index (κ3) is 51.4. The molecule has 380 valence electrons. The third-order valence-corrected chi connectivity index (χ3v) is 13.4. The van der Waals surface area contributed by atoms with Crippen molar-refractivity contribution >= 4 is 17.9 Å². The largest absolute Gasteiger partial charge is 0.462 e. The highest BCUT2D eigenvalue weighted by Crippen LogP contribution is 2.18. The Kier molecular flexibility index (Phi) is 52.7. The molecule has 0 aliphatic rings. The minimum atomic E-state index is -0.758. The van der Waals surface area contributed by atoms with E-state index in [1.54, 1.807) is 0 Å². The highest BCUT2D eigenvalue weighted by molar-refractivity contribution is 5.71. The van der Waals surface area contributed by atoms with Gasteiger partial charge in [0.1, 0.15) is 13.2 Å². The van der Waals surface area contributed by atoms with Gasteiger partial charge >= 0.3 is 17.9 Å². The first-order valence-corrected chi connectivity index (χ1v) is 29.0. The molecule has 0 aliphatic carbocycles. The topological polar surface area (TPSA) is 78.9 Å². The quantitative estimate of drug-likeness (QED) is 0.0344. The zero-order valence-corrected chi connectivity index (χ0v) is 43.6. The number of ether oxygens (including phenoxy) is 3. The molecule has 1 atom stereocenters. The molecule has 0 saturated carbocycles. The second kappa shape index (κ2) is 54.0. The summed E-state index contributed by atoms with van der Waals surface area (Å²) in [6.07, 6.45) is 60.1. The van der Waals surface area contributed by atoms with Crippen LogP contribution in [0.5, 0.6) is 0 Å². The Bertz CT molecular complexity index is 951. The number of rotatable bonds is 54. The summed E-state index contributed by atoms with van der Waals surface area (Å²) in [4.78, 5) is 37.7. The van der Waals surface area contributed by atoms with Gasteiger partial charge in [-0.25, -0.2) is 0 Å². The van der Waals surface area contributed by atoms with Gasteiger partial charge in [0, 0.05) is 19.3 Å². The maximum Gasteiger partial charge on any atom is 0.306 e. The lowest BCUT2D eigenvalue weighted by Crippen LogP contribution is -2.30. The Labute approximate surface area is 399 Å². The van der Waals surface area contributed by atoms with Gasteiger partial charge in [-0.15, -0.1) is 0 Å². The molecular formula is C58H112O6. The van der Waals surface area contributed by atoms with Gasteiger partial charge < -0.3 is 14.2 Å². The zero-order chi connectivity index (χ0) is 46.5. The molecule has 0 bridgehead atoms. The van der Waals surface area contributed by atoms with Crippen molar-refractivity contribution in [1.82, 2.24) is 0 Å². The van der Waals surface area contributed by atoms with E-state index in [-0.39, 0.29) is 31.1 Å². The Morgan fingerprint density at radius 3 is 0.625 bits per heavy atom. The van der Waals surface area contributed by atoms with Crippen molar-refractivity contribution in [2.75, 3.05) is 13.2 Å². The molecule has 0 fully saturated rings. The number of carbonyl (C=O) groups excluding carboxylic acids is 3. The number of carbonyl (C=O) groups is 3. The first kappa shape index (κ1) is 62.4. The number of hydrogen-bond acceptors (Lipinski definition) is 6. The molecule has 0 aromatic carbocycles. The summed E-state index contributed by atoms with van der Waals surface area (Å²) in [5.74, 6) is -0.853. The molecule has 6 heteroatoms. The molecular weight excluding hydrogens is 793 g/mol. The van der Waals surface area contributed by atoms with E-state index in [4.69, 9.17) is 14.2 Å². The maximum absolute atomic E-state index is 12.7. The van der Waals surface area contributed by atoms with Crippen LogP contribution in [0.1, 0.15) is 335 Å². The summed E-state index contributed by atoms with van der Waals surface area (Å²) in [5, 5.41) is 0. The Morgan fingerprint density at radius 1 is 0.250 bits per heavy atom. The van der Waals surface area contributed by atoms with E-state index in [1.807, 2.05) is 0 Å². The molecule has 0 saturated heterocycles. The number of unbranched alkanes of at least 4 members (excludes halogenated alkanes) is 43. The van der Waals surface area contributed by atoms with E-state index in [9.17, 15) is 14.4 Å². The van der Waals surface area contributed by atoms with Crippen molar-refractivity contribution in [3.63, 3.8) is 0 Å². The highest BCUT2D eigenvalue weighted by Gasteiger charge is 2.19. The molecule has 0 amide bonds. The monoisotopic (exact) mass is 905 g/mol. The van der Waals surface area contributed by atoms with Crippen LogP contribution in [-0.4, -0.2) is 37.2 Å². The first-order valence-electron chi connectivity index (χ1n) is 29.0. The van der Waals surface area contributed by atoms with Crippen molar-refractivity contribution < 1.29 is 28.6 Å². The fourth-order valence-corrected chi connectivity index (χ4v) is 8.98. The van der Waals surface area contributed by atoms with Crippen LogP contribution in [-0.2, 0) is 28.6 Å². The fourth-order valence-electron chi connectivity index (χ4n) is 8.98. The number of esters is 3. The summed E-state index contributed by atoms with van der Waals surface area (Å²) < 4.78 is 16.7. The van der Waals surface area contributed by atoms with Gasteiger partial charge in [0.2, 0.25) is 0 Å². The predicted molar refractivity (Wildman–Crippen MR) is 275 cm³/mol. The van der Waals surface area contributed by atoms with Crippen LogP contribution in [0.25, 0.3) is 0 Å². The van der Waals surface area contributed by atoms with Crippen molar-refractivity contribution in [3.8, 4) is 0 Å². The Balaban J connectivity index is 3.89. The van der Waals surface area contributed by atoms with Crippen molar-refractivity contribution in [2.45, 2.75) is 341 Å². The average molecular weight is 906 g/mol. The summed E-state index contributed by atoms with van der Waals surface area (Å²) in [7, 11) is 0. The average Bonchev–Trinajstić information content (AvgIpc) is 3.29. The predicted octanol–water partition coefficient (Wildman–Crippen LogP) is 19.2. The maximum atomic E-state index is 12.7. The molecule has 0 N–H and O–H groups in total. The van der Waals surface area contributed by atoms with E-state index in [1.165, 1.54) is 238 Å². The van der Waals surface area contributed by atoms with Crippen LogP contribution in [0.15, 0.2) is 0 Å². The van der Waals surface area contributed by atoms with Crippen molar-refractivity contribution in [3.05, 3.63) is 0 Å². The zero-order valence-electron chi connectivity index (χ0n) is 43.6. The van der Waals surface area contributed by atoms with E-state index >= 15 is 0 Å². The van der Waals surface area contributed by atoms with Crippen LogP contribution >= 0.6 is 0 Å². The summed E-state index contributed by atoms with van der Waals surface area (Å²) in [6, 6.07) is 0. The first-order chi connectivity index (χ1) is 31.5. The van der Waals surface area contributed by atoms with Gasteiger partial charge in [-0.05, 0) is 19.3 Å². The van der Waals surface area contributed by atoms with Crippen LogP contribution < -0.4 is 0 Å². The molecule has 0 rings (SSSR count). The normalized spacial score (nSPS) is 11.9. The van der Waals surface area contributed by atoms with E-state index < -0.39 is 6.10 Å². The summed E-state index contributed by atoms with van der Waals surface area (Å²) in [5.41, 5.74) is 0. The smallest absolute Gasteiger partial charge is 0.306 e. The molecule has 0 aliphatic heterocycles. The van der Waals surface area contributed by atoms with Crippen molar-refractivity contribution in [2.24, 2.45) is 0 Å². The minimum absolute atomic E-state index is 0.0628.